The Bertz CT molecular complexity index is 407. The van der Waals surface area contributed by atoms with E-state index in [0.717, 1.165) is 12.5 Å². The molecular weight excluding hydrogens is 243 g/mol. The highest BCUT2D eigenvalue weighted by atomic mass is 35.5. The largest absolute Gasteiger partial charge is 0.433 e. The lowest BCUT2D eigenvalue weighted by molar-refractivity contribution is -0.141. The zero-order chi connectivity index (χ0) is 11.9. The molecule has 1 aliphatic carbocycles. The first-order chi connectivity index (χ1) is 7.36. The molecule has 2 rings (SSSR count). The van der Waals surface area contributed by atoms with Gasteiger partial charge in [-0.2, -0.15) is 13.2 Å². The van der Waals surface area contributed by atoms with Crippen molar-refractivity contribution in [3.05, 3.63) is 17.0 Å². The van der Waals surface area contributed by atoms with Gasteiger partial charge in [-0.15, -0.1) is 0 Å². The number of aromatic nitrogens is 2. The van der Waals surface area contributed by atoms with Crippen LogP contribution in [0.2, 0.25) is 5.28 Å². The predicted molar refractivity (Wildman–Crippen MR) is 53.2 cm³/mol. The minimum atomic E-state index is -4.50. The number of hydrogen-bond donors (Lipinski definition) is 1. The summed E-state index contributed by atoms with van der Waals surface area (Å²) >= 11 is 5.43. The van der Waals surface area contributed by atoms with Crippen LogP contribution in [0.5, 0.6) is 0 Å². The summed E-state index contributed by atoms with van der Waals surface area (Å²) in [6.07, 6.45) is -3.57. The summed E-state index contributed by atoms with van der Waals surface area (Å²) in [7, 11) is 0. The van der Waals surface area contributed by atoms with Gasteiger partial charge in [-0.3, -0.25) is 0 Å². The maximum Gasteiger partial charge on any atom is 0.433 e. The minimum Gasteiger partial charge on any atom is -0.367 e. The van der Waals surface area contributed by atoms with E-state index >= 15 is 0 Å². The van der Waals surface area contributed by atoms with Crippen molar-refractivity contribution in [2.45, 2.75) is 25.6 Å². The second-order valence-corrected chi connectivity index (χ2v) is 4.21. The molecule has 1 fully saturated rings. The molecule has 1 saturated carbocycles. The van der Waals surface area contributed by atoms with Gasteiger partial charge < -0.3 is 5.32 Å². The standard InChI is InChI=1S/C9H9ClF3N3/c1-4-2-5(4)14-7-3-6(9(11,12)13)15-8(10)16-7/h3-5H,2H2,1H3,(H,14,15,16). The maximum atomic E-state index is 12.4. The highest BCUT2D eigenvalue weighted by Crippen LogP contribution is 2.34. The van der Waals surface area contributed by atoms with Crippen LogP contribution in [0.15, 0.2) is 6.07 Å². The van der Waals surface area contributed by atoms with Gasteiger partial charge in [-0.25, -0.2) is 9.97 Å². The Morgan fingerprint density at radius 3 is 2.56 bits per heavy atom. The quantitative estimate of drug-likeness (QED) is 0.821. The summed E-state index contributed by atoms with van der Waals surface area (Å²) in [6, 6.07) is 1.06. The monoisotopic (exact) mass is 251 g/mol. The van der Waals surface area contributed by atoms with Crippen LogP contribution in [0.1, 0.15) is 19.0 Å². The number of nitrogens with zero attached hydrogens (tertiary/aromatic N) is 2. The lowest BCUT2D eigenvalue weighted by atomic mass is 10.3. The fourth-order valence-electron chi connectivity index (χ4n) is 1.35. The Hall–Kier alpha value is -1.04. The van der Waals surface area contributed by atoms with Crippen molar-refractivity contribution in [2.24, 2.45) is 5.92 Å². The van der Waals surface area contributed by atoms with E-state index in [1.54, 1.807) is 0 Å². The van der Waals surface area contributed by atoms with E-state index in [1.165, 1.54) is 0 Å². The van der Waals surface area contributed by atoms with Crippen LogP contribution in [-0.2, 0) is 6.18 Å². The Kier molecular flexibility index (Phi) is 2.69. The molecule has 88 valence electrons. The van der Waals surface area contributed by atoms with Gasteiger partial charge in [-0.1, -0.05) is 6.92 Å². The Labute approximate surface area is 95.0 Å². The van der Waals surface area contributed by atoms with E-state index in [9.17, 15) is 13.2 Å². The van der Waals surface area contributed by atoms with Gasteiger partial charge in [0.1, 0.15) is 5.82 Å². The summed E-state index contributed by atoms with van der Waals surface area (Å²) in [5.74, 6) is 0.588. The van der Waals surface area contributed by atoms with Crippen molar-refractivity contribution in [2.75, 3.05) is 5.32 Å². The van der Waals surface area contributed by atoms with Crippen molar-refractivity contribution >= 4 is 17.4 Å². The third-order valence-electron chi connectivity index (χ3n) is 2.43. The zero-order valence-electron chi connectivity index (χ0n) is 8.35. The topological polar surface area (TPSA) is 37.8 Å². The van der Waals surface area contributed by atoms with E-state index < -0.39 is 17.2 Å². The first-order valence-corrected chi connectivity index (χ1v) is 5.12. The second kappa shape index (κ2) is 3.76. The molecule has 1 aromatic heterocycles. The van der Waals surface area contributed by atoms with Crippen LogP contribution in [0.25, 0.3) is 0 Å². The molecule has 1 aliphatic rings. The van der Waals surface area contributed by atoms with Gasteiger partial charge in [0.25, 0.3) is 0 Å². The molecule has 0 radical (unpaired) electrons. The number of rotatable bonds is 2. The van der Waals surface area contributed by atoms with Crippen LogP contribution in [-0.4, -0.2) is 16.0 Å². The van der Waals surface area contributed by atoms with E-state index in [2.05, 4.69) is 15.3 Å². The van der Waals surface area contributed by atoms with Crippen molar-refractivity contribution < 1.29 is 13.2 Å². The molecule has 1 heterocycles. The van der Waals surface area contributed by atoms with Crippen molar-refractivity contribution in [3.8, 4) is 0 Å². The Morgan fingerprint density at radius 2 is 2.06 bits per heavy atom. The fourth-order valence-corrected chi connectivity index (χ4v) is 1.53. The van der Waals surface area contributed by atoms with E-state index in [4.69, 9.17) is 11.6 Å². The molecule has 0 amide bonds. The molecule has 3 nitrogen and oxygen atoms in total. The summed E-state index contributed by atoms with van der Waals surface area (Å²) in [5, 5.41) is 2.49. The number of alkyl halides is 3. The van der Waals surface area contributed by atoms with Crippen LogP contribution in [0.4, 0.5) is 19.0 Å². The van der Waals surface area contributed by atoms with Crippen LogP contribution in [0, 0.1) is 5.92 Å². The summed E-state index contributed by atoms with van der Waals surface area (Å²) < 4.78 is 37.2. The number of hydrogen-bond acceptors (Lipinski definition) is 3. The van der Waals surface area contributed by atoms with E-state index in [0.29, 0.717) is 5.92 Å². The van der Waals surface area contributed by atoms with Gasteiger partial charge in [0, 0.05) is 12.1 Å². The van der Waals surface area contributed by atoms with E-state index in [-0.39, 0.29) is 11.9 Å². The van der Waals surface area contributed by atoms with Crippen molar-refractivity contribution in [1.29, 1.82) is 0 Å². The van der Waals surface area contributed by atoms with Crippen LogP contribution >= 0.6 is 11.6 Å². The minimum absolute atomic E-state index is 0.127. The molecule has 0 spiro atoms. The number of halogens is 4. The number of anilines is 1. The SMILES string of the molecule is CC1CC1Nc1cc(C(F)(F)F)nc(Cl)n1. The van der Waals surface area contributed by atoms with Crippen molar-refractivity contribution in [3.63, 3.8) is 0 Å². The third kappa shape index (κ3) is 2.55. The molecular formula is C9H9ClF3N3. The summed E-state index contributed by atoms with van der Waals surface area (Å²) in [6.45, 7) is 2.01. The van der Waals surface area contributed by atoms with Crippen LogP contribution < -0.4 is 5.32 Å². The molecule has 1 aromatic rings. The average molecular weight is 252 g/mol. The first kappa shape index (κ1) is 11.4. The summed E-state index contributed by atoms with van der Waals surface area (Å²) in [5.41, 5.74) is -1.02. The molecule has 0 aromatic carbocycles. The molecule has 2 unspecified atom stereocenters. The highest BCUT2D eigenvalue weighted by molar-refractivity contribution is 6.28. The van der Waals surface area contributed by atoms with Gasteiger partial charge in [0.2, 0.25) is 5.28 Å². The third-order valence-corrected chi connectivity index (χ3v) is 2.60. The Morgan fingerprint density at radius 1 is 1.44 bits per heavy atom. The lowest BCUT2D eigenvalue weighted by Crippen LogP contribution is -2.12. The zero-order valence-corrected chi connectivity index (χ0v) is 9.10. The first-order valence-electron chi connectivity index (χ1n) is 4.74. The van der Waals surface area contributed by atoms with Crippen molar-refractivity contribution in [1.82, 2.24) is 9.97 Å². The molecule has 16 heavy (non-hydrogen) atoms. The molecule has 7 heteroatoms. The Balaban J connectivity index is 2.22. The van der Waals surface area contributed by atoms with Gasteiger partial charge in [0.05, 0.1) is 0 Å². The molecule has 0 aliphatic heterocycles. The highest BCUT2D eigenvalue weighted by Gasteiger charge is 2.36. The molecule has 0 saturated heterocycles. The predicted octanol–water partition coefficient (Wildman–Crippen LogP) is 2.97. The van der Waals surface area contributed by atoms with Gasteiger partial charge >= 0.3 is 6.18 Å². The normalized spacial score (nSPS) is 24.3. The summed E-state index contributed by atoms with van der Waals surface area (Å²) in [4.78, 5) is 6.85. The van der Waals surface area contributed by atoms with E-state index in [1.807, 2.05) is 6.92 Å². The molecule has 2 atom stereocenters. The average Bonchev–Trinajstić information content (AvgIpc) is 2.79. The maximum absolute atomic E-state index is 12.4. The lowest BCUT2D eigenvalue weighted by Gasteiger charge is -2.09. The number of nitrogens with one attached hydrogen (secondary N) is 1. The smallest absolute Gasteiger partial charge is 0.367 e. The fraction of sp³-hybridized carbons (Fsp3) is 0.556. The molecule has 1 N–H and O–H groups in total. The van der Waals surface area contributed by atoms with Gasteiger partial charge in [-0.05, 0) is 23.9 Å². The molecule has 0 bridgehead atoms. The van der Waals surface area contributed by atoms with Crippen LogP contribution in [0.3, 0.4) is 0 Å². The second-order valence-electron chi connectivity index (χ2n) is 3.87. The van der Waals surface area contributed by atoms with Gasteiger partial charge in [0.15, 0.2) is 5.69 Å².